The van der Waals surface area contributed by atoms with Gasteiger partial charge in [0.05, 0.1) is 27.4 Å². The fraction of sp³-hybridized carbons (Fsp3) is 0.600. The van der Waals surface area contributed by atoms with Crippen LogP contribution in [0.25, 0.3) is 0 Å². The highest BCUT2D eigenvalue weighted by atomic mass is 16.5. The molecule has 0 spiro atoms. The van der Waals surface area contributed by atoms with E-state index in [9.17, 15) is 5.11 Å². The van der Waals surface area contributed by atoms with E-state index in [1.807, 2.05) is 26.0 Å². The molecule has 1 aromatic carbocycles. The number of hydrogen-bond acceptors (Lipinski definition) is 5. The first-order valence-corrected chi connectivity index (χ1v) is 6.71. The van der Waals surface area contributed by atoms with Crippen LogP contribution in [0.1, 0.15) is 19.4 Å². The zero-order valence-corrected chi connectivity index (χ0v) is 12.9. The van der Waals surface area contributed by atoms with Crippen LogP contribution in [0.15, 0.2) is 12.1 Å². The van der Waals surface area contributed by atoms with Crippen molar-refractivity contribution in [3.05, 3.63) is 17.7 Å². The van der Waals surface area contributed by atoms with Crippen LogP contribution < -0.4 is 19.5 Å². The summed E-state index contributed by atoms with van der Waals surface area (Å²) in [6, 6.07) is 3.77. The second-order valence-electron chi connectivity index (χ2n) is 4.94. The molecule has 0 bridgehead atoms. The molecule has 114 valence electrons. The summed E-state index contributed by atoms with van der Waals surface area (Å²) in [7, 11) is 4.78. The minimum absolute atomic E-state index is 0.231. The zero-order valence-electron chi connectivity index (χ0n) is 12.9. The molecule has 0 radical (unpaired) electrons. The number of aliphatic hydroxyl groups excluding tert-OH is 1. The summed E-state index contributed by atoms with van der Waals surface area (Å²) in [6.07, 6.45) is -0.360. The summed E-state index contributed by atoms with van der Waals surface area (Å²) >= 11 is 0. The van der Waals surface area contributed by atoms with Crippen LogP contribution >= 0.6 is 0 Å². The first-order chi connectivity index (χ1) is 9.54. The predicted octanol–water partition coefficient (Wildman–Crippen LogP) is 1.82. The molecule has 0 aliphatic carbocycles. The minimum Gasteiger partial charge on any atom is -0.493 e. The van der Waals surface area contributed by atoms with E-state index in [2.05, 4.69) is 5.32 Å². The first-order valence-electron chi connectivity index (χ1n) is 6.71. The second kappa shape index (κ2) is 7.97. The highest BCUT2D eigenvalue weighted by molar-refractivity contribution is 5.55. The molecule has 0 aliphatic heterocycles. The third-order valence-electron chi connectivity index (χ3n) is 3.22. The first kappa shape index (κ1) is 16.6. The van der Waals surface area contributed by atoms with Crippen LogP contribution in [0.4, 0.5) is 0 Å². The van der Waals surface area contributed by atoms with Crippen LogP contribution in [0.2, 0.25) is 0 Å². The Kier molecular flexibility index (Phi) is 6.61. The fourth-order valence-corrected chi connectivity index (χ4v) is 1.89. The molecule has 0 fully saturated rings. The molecule has 1 aromatic rings. The van der Waals surface area contributed by atoms with Crippen molar-refractivity contribution < 1.29 is 19.3 Å². The maximum absolute atomic E-state index is 9.78. The molecule has 0 saturated heterocycles. The number of aliphatic hydroxyl groups is 1. The molecule has 1 rings (SSSR count). The zero-order chi connectivity index (χ0) is 15.1. The Hall–Kier alpha value is -1.46. The van der Waals surface area contributed by atoms with E-state index >= 15 is 0 Å². The molecule has 0 heterocycles. The quantitative estimate of drug-likeness (QED) is 0.762. The summed E-state index contributed by atoms with van der Waals surface area (Å²) in [5.41, 5.74) is 0.959. The normalized spacial score (nSPS) is 12.3. The molecule has 0 aromatic heterocycles. The van der Waals surface area contributed by atoms with Crippen LogP contribution in [-0.2, 0) is 6.54 Å². The summed E-state index contributed by atoms with van der Waals surface area (Å²) in [4.78, 5) is 0. The Morgan fingerprint density at radius 3 is 2.20 bits per heavy atom. The van der Waals surface area contributed by atoms with Crippen molar-refractivity contribution in [3.8, 4) is 17.2 Å². The number of methoxy groups -OCH3 is 3. The van der Waals surface area contributed by atoms with E-state index in [1.54, 1.807) is 21.3 Å². The molecule has 0 aliphatic rings. The second-order valence-corrected chi connectivity index (χ2v) is 4.94. The Morgan fingerprint density at radius 2 is 1.70 bits per heavy atom. The lowest BCUT2D eigenvalue weighted by molar-refractivity contribution is 0.123. The minimum atomic E-state index is -0.360. The van der Waals surface area contributed by atoms with Crippen LogP contribution in [0.3, 0.4) is 0 Å². The third kappa shape index (κ3) is 4.02. The van der Waals surface area contributed by atoms with Crippen molar-refractivity contribution in [2.45, 2.75) is 26.5 Å². The molecular weight excluding hydrogens is 258 g/mol. The van der Waals surface area contributed by atoms with Gasteiger partial charge in [-0.15, -0.1) is 0 Å². The van der Waals surface area contributed by atoms with Crippen molar-refractivity contribution in [3.63, 3.8) is 0 Å². The summed E-state index contributed by atoms with van der Waals surface area (Å²) in [5, 5.41) is 13.0. The van der Waals surface area contributed by atoms with Gasteiger partial charge in [-0.3, -0.25) is 0 Å². The van der Waals surface area contributed by atoms with Crippen LogP contribution in [0, 0.1) is 5.92 Å². The van der Waals surface area contributed by atoms with Gasteiger partial charge in [-0.25, -0.2) is 0 Å². The molecule has 0 amide bonds. The Bertz CT molecular complexity index is 421. The van der Waals surface area contributed by atoms with E-state index in [0.29, 0.717) is 30.3 Å². The van der Waals surface area contributed by atoms with Gasteiger partial charge in [0.2, 0.25) is 5.75 Å². The molecule has 5 heteroatoms. The van der Waals surface area contributed by atoms with Crippen LogP contribution in [0.5, 0.6) is 17.2 Å². The van der Waals surface area contributed by atoms with Gasteiger partial charge in [0.25, 0.3) is 0 Å². The maximum atomic E-state index is 9.78. The molecule has 1 atom stereocenters. The lowest BCUT2D eigenvalue weighted by Crippen LogP contribution is -2.30. The SMILES string of the molecule is COc1ccc(CNCC(O)C(C)C)c(OC)c1OC. The van der Waals surface area contributed by atoms with Gasteiger partial charge in [-0.05, 0) is 12.0 Å². The van der Waals surface area contributed by atoms with Crippen molar-refractivity contribution >= 4 is 0 Å². The van der Waals surface area contributed by atoms with E-state index in [-0.39, 0.29) is 12.0 Å². The fourth-order valence-electron chi connectivity index (χ4n) is 1.89. The number of benzene rings is 1. The van der Waals surface area contributed by atoms with Crippen molar-refractivity contribution in [1.29, 1.82) is 0 Å². The van der Waals surface area contributed by atoms with Crippen LogP contribution in [-0.4, -0.2) is 39.1 Å². The maximum Gasteiger partial charge on any atom is 0.203 e. The van der Waals surface area contributed by atoms with Crippen molar-refractivity contribution in [1.82, 2.24) is 5.32 Å². The van der Waals surface area contributed by atoms with Gasteiger partial charge in [0.15, 0.2) is 11.5 Å². The topological polar surface area (TPSA) is 60.0 Å². The van der Waals surface area contributed by atoms with Crippen molar-refractivity contribution in [2.24, 2.45) is 5.92 Å². The average Bonchev–Trinajstić information content (AvgIpc) is 2.45. The van der Waals surface area contributed by atoms with E-state index in [1.165, 1.54) is 0 Å². The largest absolute Gasteiger partial charge is 0.493 e. The molecule has 20 heavy (non-hydrogen) atoms. The Balaban J connectivity index is 2.80. The average molecular weight is 283 g/mol. The number of ether oxygens (including phenoxy) is 3. The van der Waals surface area contributed by atoms with E-state index in [4.69, 9.17) is 14.2 Å². The summed E-state index contributed by atoms with van der Waals surface area (Å²) in [6.45, 7) is 5.11. The lowest BCUT2D eigenvalue weighted by Gasteiger charge is -2.18. The van der Waals surface area contributed by atoms with E-state index in [0.717, 1.165) is 5.56 Å². The number of nitrogens with one attached hydrogen (secondary N) is 1. The lowest BCUT2D eigenvalue weighted by atomic mass is 10.1. The highest BCUT2D eigenvalue weighted by Gasteiger charge is 2.16. The van der Waals surface area contributed by atoms with Gasteiger partial charge >= 0.3 is 0 Å². The third-order valence-corrected chi connectivity index (χ3v) is 3.22. The molecule has 5 nitrogen and oxygen atoms in total. The number of rotatable bonds is 8. The standard InChI is InChI=1S/C15H25NO4/c1-10(2)12(17)9-16-8-11-6-7-13(18-3)15(20-5)14(11)19-4/h6-7,10,12,16-17H,8-9H2,1-5H3. The Labute approximate surface area is 120 Å². The number of hydrogen-bond donors (Lipinski definition) is 2. The van der Waals surface area contributed by atoms with Crippen molar-refractivity contribution in [2.75, 3.05) is 27.9 Å². The van der Waals surface area contributed by atoms with Gasteiger partial charge in [-0.2, -0.15) is 0 Å². The van der Waals surface area contributed by atoms with Gasteiger partial charge in [-0.1, -0.05) is 19.9 Å². The van der Waals surface area contributed by atoms with Gasteiger partial charge < -0.3 is 24.6 Å². The molecular formula is C15H25NO4. The Morgan fingerprint density at radius 1 is 1.05 bits per heavy atom. The predicted molar refractivity (Wildman–Crippen MR) is 78.6 cm³/mol. The molecule has 2 N–H and O–H groups in total. The highest BCUT2D eigenvalue weighted by Crippen LogP contribution is 2.39. The van der Waals surface area contributed by atoms with Gasteiger partial charge in [0.1, 0.15) is 0 Å². The van der Waals surface area contributed by atoms with E-state index < -0.39 is 0 Å². The monoisotopic (exact) mass is 283 g/mol. The molecule has 1 unspecified atom stereocenters. The summed E-state index contributed by atoms with van der Waals surface area (Å²) in [5.74, 6) is 2.10. The van der Waals surface area contributed by atoms with Gasteiger partial charge in [0, 0.05) is 18.7 Å². The summed E-state index contributed by atoms with van der Waals surface area (Å²) < 4.78 is 16.0. The smallest absolute Gasteiger partial charge is 0.203 e. The molecule has 0 saturated carbocycles.